The Morgan fingerprint density at radius 1 is 1.50 bits per heavy atom. The summed E-state index contributed by atoms with van der Waals surface area (Å²) in [6, 6.07) is 6.71. The Morgan fingerprint density at radius 3 is 3.14 bits per heavy atom. The van der Waals surface area contributed by atoms with Crippen LogP contribution in [0.2, 0.25) is 0 Å². The van der Waals surface area contributed by atoms with Gasteiger partial charge in [-0.05, 0) is 30.0 Å². The standard InChI is InChI=1S/C13H15N/c1-3-4-5-11-6-7-13-12(10-11)8-9-14(13)2/h1,6-7,10H,4-5,8-9H2,2H3. The average Bonchev–Trinajstić information content (AvgIpc) is 2.57. The Morgan fingerprint density at radius 2 is 2.36 bits per heavy atom. The largest absolute Gasteiger partial charge is 0.374 e. The van der Waals surface area contributed by atoms with Crippen molar-refractivity contribution in [3.63, 3.8) is 0 Å². The van der Waals surface area contributed by atoms with Gasteiger partial charge in [0.2, 0.25) is 0 Å². The highest BCUT2D eigenvalue weighted by Crippen LogP contribution is 2.27. The summed E-state index contributed by atoms with van der Waals surface area (Å²) in [5.74, 6) is 2.68. The van der Waals surface area contributed by atoms with Crippen molar-refractivity contribution < 1.29 is 0 Å². The van der Waals surface area contributed by atoms with Crippen LogP contribution in [0.4, 0.5) is 5.69 Å². The molecule has 72 valence electrons. The van der Waals surface area contributed by atoms with E-state index < -0.39 is 0 Å². The van der Waals surface area contributed by atoms with Crippen LogP contribution in [0.5, 0.6) is 0 Å². The molecule has 1 heterocycles. The summed E-state index contributed by atoms with van der Waals surface area (Å²) in [6.07, 6.45) is 8.28. The zero-order valence-electron chi connectivity index (χ0n) is 8.59. The molecule has 1 heteroatoms. The zero-order valence-corrected chi connectivity index (χ0v) is 8.59. The van der Waals surface area contributed by atoms with Crippen molar-refractivity contribution in [2.45, 2.75) is 19.3 Å². The summed E-state index contributed by atoms with van der Waals surface area (Å²) in [6.45, 7) is 1.15. The Hall–Kier alpha value is -1.42. The monoisotopic (exact) mass is 185 g/mol. The minimum Gasteiger partial charge on any atom is -0.374 e. The summed E-state index contributed by atoms with van der Waals surface area (Å²) in [7, 11) is 2.15. The number of terminal acetylenes is 1. The first-order chi connectivity index (χ1) is 6.81. The molecular formula is C13H15N. The molecule has 1 aliphatic rings. The Bertz CT molecular complexity index is 373. The Balaban J connectivity index is 2.20. The summed E-state index contributed by atoms with van der Waals surface area (Å²) < 4.78 is 0. The van der Waals surface area contributed by atoms with Crippen molar-refractivity contribution in [2.24, 2.45) is 0 Å². The number of nitrogens with zero attached hydrogens (tertiary/aromatic N) is 1. The van der Waals surface area contributed by atoms with Gasteiger partial charge in [-0.3, -0.25) is 0 Å². The molecule has 0 atom stereocenters. The van der Waals surface area contributed by atoms with Gasteiger partial charge >= 0.3 is 0 Å². The molecule has 0 saturated carbocycles. The number of hydrogen-bond acceptors (Lipinski definition) is 1. The normalized spacial score (nSPS) is 13.9. The lowest BCUT2D eigenvalue weighted by atomic mass is 10.0. The van der Waals surface area contributed by atoms with Crippen LogP contribution in [-0.4, -0.2) is 13.6 Å². The van der Waals surface area contributed by atoms with Crippen molar-refractivity contribution in [3.05, 3.63) is 29.3 Å². The molecule has 0 fully saturated rings. The van der Waals surface area contributed by atoms with E-state index in [2.05, 4.69) is 36.1 Å². The van der Waals surface area contributed by atoms with Gasteiger partial charge in [-0.25, -0.2) is 0 Å². The lowest BCUT2D eigenvalue weighted by molar-refractivity contribution is 0.955. The van der Waals surface area contributed by atoms with E-state index in [0.717, 1.165) is 19.4 Å². The second kappa shape index (κ2) is 3.75. The van der Waals surface area contributed by atoms with Gasteiger partial charge in [-0.15, -0.1) is 12.3 Å². The van der Waals surface area contributed by atoms with Crippen LogP contribution < -0.4 is 4.90 Å². The predicted octanol–water partition coefficient (Wildman–Crippen LogP) is 2.24. The third-order valence-electron chi connectivity index (χ3n) is 2.83. The zero-order chi connectivity index (χ0) is 9.97. The summed E-state index contributed by atoms with van der Waals surface area (Å²) >= 11 is 0. The predicted molar refractivity (Wildman–Crippen MR) is 60.6 cm³/mol. The van der Waals surface area contributed by atoms with E-state index in [4.69, 9.17) is 6.42 Å². The number of likely N-dealkylation sites (N-methyl/N-ethyl adjacent to an activating group) is 1. The minimum atomic E-state index is 0.842. The number of aryl methyl sites for hydroxylation is 1. The molecule has 1 aromatic rings. The van der Waals surface area contributed by atoms with E-state index in [-0.39, 0.29) is 0 Å². The van der Waals surface area contributed by atoms with E-state index in [1.165, 1.54) is 23.2 Å². The van der Waals surface area contributed by atoms with Crippen molar-refractivity contribution in [1.29, 1.82) is 0 Å². The first-order valence-corrected chi connectivity index (χ1v) is 5.07. The molecule has 1 aromatic carbocycles. The molecule has 0 aliphatic carbocycles. The lowest BCUT2D eigenvalue weighted by Crippen LogP contribution is -2.12. The maximum absolute atomic E-state index is 5.25. The molecule has 0 N–H and O–H groups in total. The number of anilines is 1. The Kier molecular flexibility index (Phi) is 2.45. The highest BCUT2D eigenvalue weighted by Gasteiger charge is 2.14. The molecule has 14 heavy (non-hydrogen) atoms. The molecule has 1 nitrogen and oxygen atoms in total. The molecule has 1 aliphatic heterocycles. The SMILES string of the molecule is C#CCCc1ccc2c(c1)CCN2C. The van der Waals surface area contributed by atoms with Crippen LogP contribution in [-0.2, 0) is 12.8 Å². The van der Waals surface area contributed by atoms with Crippen LogP contribution in [0.3, 0.4) is 0 Å². The third-order valence-corrected chi connectivity index (χ3v) is 2.83. The summed E-state index contributed by atoms with van der Waals surface area (Å²) in [5.41, 5.74) is 4.23. The Labute approximate surface area is 85.7 Å². The van der Waals surface area contributed by atoms with Crippen LogP contribution in [0.15, 0.2) is 18.2 Å². The molecular weight excluding hydrogens is 170 g/mol. The van der Waals surface area contributed by atoms with Crippen LogP contribution in [0.1, 0.15) is 17.5 Å². The van der Waals surface area contributed by atoms with Gasteiger partial charge in [0.15, 0.2) is 0 Å². The van der Waals surface area contributed by atoms with Gasteiger partial charge in [0.25, 0.3) is 0 Å². The number of benzene rings is 1. The fourth-order valence-corrected chi connectivity index (χ4v) is 1.99. The first kappa shape index (κ1) is 9.15. The summed E-state index contributed by atoms with van der Waals surface area (Å²) in [5, 5.41) is 0. The molecule has 0 bridgehead atoms. The topological polar surface area (TPSA) is 3.24 Å². The molecule has 0 spiro atoms. The van der Waals surface area contributed by atoms with Gasteiger partial charge in [0, 0.05) is 25.7 Å². The number of fused-ring (bicyclic) bond motifs is 1. The van der Waals surface area contributed by atoms with Crippen LogP contribution >= 0.6 is 0 Å². The van der Waals surface area contributed by atoms with Crippen LogP contribution in [0, 0.1) is 12.3 Å². The second-order valence-corrected chi connectivity index (χ2v) is 3.84. The fraction of sp³-hybridized carbons (Fsp3) is 0.385. The van der Waals surface area contributed by atoms with Gasteiger partial charge in [-0.1, -0.05) is 12.1 Å². The number of hydrogen-bond donors (Lipinski definition) is 0. The van der Waals surface area contributed by atoms with E-state index in [9.17, 15) is 0 Å². The van der Waals surface area contributed by atoms with Crippen LogP contribution in [0.25, 0.3) is 0 Å². The smallest absolute Gasteiger partial charge is 0.0397 e. The molecule has 0 unspecified atom stereocenters. The molecule has 0 saturated heterocycles. The van der Waals surface area contributed by atoms with Gasteiger partial charge in [0.1, 0.15) is 0 Å². The highest BCUT2D eigenvalue weighted by molar-refractivity contribution is 5.58. The molecule has 0 radical (unpaired) electrons. The maximum Gasteiger partial charge on any atom is 0.0397 e. The minimum absolute atomic E-state index is 0.842. The van der Waals surface area contributed by atoms with E-state index in [1.54, 1.807) is 0 Å². The quantitative estimate of drug-likeness (QED) is 0.639. The third kappa shape index (κ3) is 1.61. The van der Waals surface area contributed by atoms with E-state index >= 15 is 0 Å². The van der Waals surface area contributed by atoms with Crippen molar-refractivity contribution in [1.82, 2.24) is 0 Å². The maximum atomic E-state index is 5.25. The average molecular weight is 185 g/mol. The molecule has 0 amide bonds. The fourth-order valence-electron chi connectivity index (χ4n) is 1.99. The first-order valence-electron chi connectivity index (χ1n) is 5.07. The highest BCUT2D eigenvalue weighted by atomic mass is 15.1. The lowest BCUT2D eigenvalue weighted by Gasteiger charge is -2.11. The number of rotatable bonds is 2. The van der Waals surface area contributed by atoms with Gasteiger partial charge in [-0.2, -0.15) is 0 Å². The molecule has 2 rings (SSSR count). The van der Waals surface area contributed by atoms with E-state index in [0.29, 0.717) is 0 Å². The summed E-state index contributed by atoms with van der Waals surface area (Å²) in [4.78, 5) is 2.31. The van der Waals surface area contributed by atoms with Crippen molar-refractivity contribution in [3.8, 4) is 12.3 Å². The van der Waals surface area contributed by atoms with Crippen molar-refractivity contribution >= 4 is 5.69 Å². The van der Waals surface area contributed by atoms with E-state index in [1.807, 2.05) is 0 Å². The van der Waals surface area contributed by atoms with Gasteiger partial charge in [0.05, 0.1) is 0 Å². The van der Waals surface area contributed by atoms with Gasteiger partial charge < -0.3 is 4.90 Å². The van der Waals surface area contributed by atoms with Crippen molar-refractivity contribution in [2.75, 3.05) is 18.5 Å². The molecule has 0 aromatic heterocycles. The second-order valence-electron chi connectivity index (χ2n) is 3.84.